The molecule has 3 aliphatic rings. The second-order valence-corrected chi connectivity index (χ2v) is 15.5. The summed E-state index contributed by atoms with van der Waals surface area (Å²) < 4.78 is 0. The smallest absolute Gasteiger partial charge is 0.000727 e. The van der Waals surface area contributed by atoms with Crippen molar-refractivity contribution >= 4 is 11.1 Å². The summed E-state index contributed by atoms with van der Waals surface area (Å²) >= 11 is 0. The SMILES string of the molecule is C=C(/C(=C\C=C/CC)c1cc(-c2cc(-c3ccc4c(c3)C(CC)=C(/C=C\C)C4)c3c(c2)-c2cc(-c4ccc(C)cc4)ccc2C3)ccc1C)C1CCC1. The van der Waals surface area contributed by atoms with Crippen LogP contribution in [0.15, 0.2) is 139 Å². The van der Waals surface area contributed by atoms with Crippen LogP contribution in [0.3, 0.4) is 0 Å². The summed E-state index contributed by atoms with van der Waals surface area (Å²) in [7, 11) is 0. The van der Waals surface area contributed by atoms with Crippen molar-refractivity contribution in [3.05, 3.63) is 178 Å². The van der Waals surface area contributed by atoms with E-state index in [9.17, 15) is 0 Å². The Hall–Kier alpha value is -5.20. The first kappa shape index (κ1) is 34.9. The van der Waals surface area contributed by atoms with Crippen LogP contribution in [0.25, 0.3) is 55.7 Å². The molecule has 0 N–H and O–H groups in total. The Labute approximate surface area is 318 Å². The Morgan fingerprint density at radius 2 is 1.36 bits per heavy atom. The normalized spacial score (nSPS) is 15.3. The van der Waals surface area contributed by atoms with E-state index in [0.717, 1.165) is 25.7 Å². The molecule has 0 bridgehead atoms. The lowest BCUT2D eigenvalue weighted by atomic mass is 9.75. The predicted octanol–water partition coefficient (Wildman–Crippen LogP) is 14.9. The van der Waals surface area contributed by atoms with Crippen LogP contribution < -0.4 is 0 Å². The largest absolute Gasteiger partial charge is 0.0949 e. The molecule has 53 heavy (non-hydrogen) atoms. The van der Waals surface area contributed by atoms with Crippen LogP contribution in [0.5, 0.6) is 0 Å². The van der Waals surface area contributed by atoms with Crippen molar-refractivity contribution in [3.63, 3.8) is 0 Å². The summed E-state index contributed by atoms with van der Waals surface area (Å²) in [5.41, 5.74) is 25.6. The Bertz CT molecular complexity index is 2360. The van der Waals surface area contributed by atoms with Gasteiger partial charge in [0.1, 0.15) is 0 Å². The van der Waals surface area contributed by atoms with E-state index in [1.165, 1.54) is 125 Å². The van der Waals surface area contributed by atoms with Gasteiger partial charge in [0.15, 0.2) is 0 Å². The van der Waals surface area contributed by atoms with Crippen molar-refractivity contribution in [3.8, 4) is 44.5 Å². The molecule has 5 aromatic carbocycles. The molecule has 8 rings (SSSR count). The maximum atomic E-state index is 4.69. The van der Waals surface area contributed by atoms with Gasteiger partial charge in [0.25, 0.3) is 0 Å². The molecule has 0 unspecified atom stereocenters. The first-order valence-electron chi connectivity index (χ1n) is 19.9. The topological polar surface area (TPSA) is 0 Å². The number of benzene rings is 5. The van der Waals surface area contributed by atoms with Gasteiger partial charge in [-0.2, -0.15) is 0 Å². The lowest BCUT2D eigenvalue weighted by Crippen LogP contribution is -2.14. The van der Waals surface area contributed by atoms with E-state index in [0.29, 0.717) is 5.92 Å². The standard InChI is InChI=1S/C53H52/c1-7-10-11-16-47(36(6)37-14-12-15-37)48-28-40(22-19-35(48)5)45-32-51(43-26-25-42-27-41(13-8-2)46(9-3)49(42)30-43)52-31-44-24-23-39(29-50(44)53(52)33-45)38-20-17-34(4)18-21-38/h8,10-11,13,16-26,28-30,32-33,37H,6-7,9,12,14-15,27,31H2,1-5H3/b11-10-,13-8-,47-16+. The minimum Gasteiger partial charge on any atom is -0.0949 e. The fraction of sp³-hybridized carbons (Fsp3) is 0.245. The molecule has 0 aliphatic heterocycles. The molecule has 0 amide bonds. The van der Waals surface area contributed by atoms with Gasteiger partial charge in [0.05, 0.1) is 0 Å². The molecule has 0 heteroatoms. The average molecular weight is 689 g/mol. The van der Waals surface area contributed by atoms with Crippen LogP contribution in [-0.2, 0) is 12.8 Å². The fourth-order valence-electron chi connectivity index (χ4n) is 8.80. The molecule has 3 aliphatic carbocycles. The molecule has 0 saturated heterocycles. The maximum absolute atomic E-state index is 4.69. The second kappa shape index (κ2) is 14.7. The zero-order valence-corrected chi connectivity index (χ0v) is 32.3. The van der Waals surface area contributed by atoms with Crippen LogP contribution in [0, 0.1) is 19.8 Å². The number of allylic oxidation sites excluding steroid dienone is 9. The predicted molar refractivity (Wildman–Crippen MR) is 230 cm³/mol. The molecule has 1 fully saturated rings. The minimum atomic E-state index is 0.584. The summed E-state index contributed by atoms with van der Waals surface area (Å²) in [6.45, 7) is 15.7. The van der Waals surface area contributed by atoms with E-state index in [1.54, 1.807) is 0 Å². The monoisotopic (exact) mass is 688 g/mol. The number of rotatable bonds is 10. The van der Waals surface area contributed by atoms with Gasteiger partial charge in [0.2, 0.25) is 0 Å². The highest BCUT2D eigenvalue weighted by atomic mass is 14.3. The zero-order chi connectivity index (χ0) is 36.6. The lowest BCUT2D eigenvalue weighted by molar-refractivity contribution is 0.377. The van der Waals surface area contributed by atoms with Crippen molar-refractivity contribution < 1.29 is 0 Å². The van der Waals surface area contributed by atoms with Crippen LogP contribution in [-0.4, -0.2) is 0 Å². The highest BCUT2D eigenvalue weighted by Crippen LogP contribution is 2.48. The third kappa shape index (κ3) is 6.54. The van der Waals surface area contributed by atoms with Crippen molar-refractivity contribution in [2.45, 2.75) is 79.6 Å². The van der Waals surface area contributed by atoms with Crippen LogP contribution in [0.2, 0.25) is 0 Å². The van der Waals surface area contributed by atoms with E-state index in [1.807, 2.05) is 0 Å². The van der Waals surface area contributed by atoms with Crippen molar-refractivity contribution in [2.24, 2.45) is 5.92 Å². The molecule has 264 valence electrons. The Balaban J connectivity index is 1.31. The van der Waals surface area contributed by atoms with E-state index in [-0.39, 0.29) is 0 Å². The summed E-state index contributed by atoms with van der Waals surface area (Å²) in [5.74, 6) is 0.584. The Kier molecular flexibility index (Phi) is 9.65. The average Bonchev–Trinajstić information content (AvgIpc) is 3.70. The molecule has 0 aromatic heterocycles. The first-order valence-corrected chi connectivity index (χ1v) is 19.9. The summed E-state index contributed by atoms with van der Waals surface area (Å²) in [6.07, 6.45) is 19.1. The van der Waals surface area contributed by atoms with Gasteiger partial charge in [0, 0.05) is 0 Å². The van der Waals surface area contributed by atoms with Crippen molar-refractivity contribution in [1.82, 2.24) is 0 Å². The molecule has 0 atom stereocenters. The van der Waals surface area contributed by atoms with Crippen LogP contribution >= 0.6 is 0 Å². The van der Waals surface area contributed by atoms with E-state index >= 15 is 0 Å². The quantitative estimate of drug-likeness (QED) is 0.126. The lowest BCUT2D eigenvalue weighted by Gasteiger charge is -2.29. The van der Waals surface area contributed by atoms with Crippen LogP contribution in [0.1, 0.15) is 91.8 Å². The molecule has 0 nitrogen and oxygen atoms in total. The highest BCUT2D eigenvalue weighted by molar-refractivity contribution is 5.93. The fourth-order valence-corrected chi connectivity index (χ4v) is 8.80. The van der Waals surface area contributed by atoms with Crippen molar-refractivity contribution in [2.75, 3.05) is 0 Å². The second-order valence-electron chi connectivity index (χ2n) is 15.5. The first-order chi connectivity index (χ1) is 25.9. The molecular weight excluding hydrogens is 637 g/mol. The molecule has 0 radical (unpaired) electrons. The Morgan fingerprint density at radius 3 is 2.08 bits per heavy atom. The third-order valence-electron chi connectivity index (χ3n) is 12.1. The maximum Gasteiger partial charge on any atom is -0.000727 e. The zero-order valence-electron chi connectivity index (χ0n) is 32.3. The summed E-state index contributed by atoms with van der Waals surface area (Å²) in [4.78, 5) is 0. The van der Waals surface area contributed by atoms with Gasteiger partial charge < -0.3 is 0 Å². The van der Waals surface area contributed by atoms with Gasteiger partial charge >= 0.3 is 0 Å². The van der Waals surface area contributed by atoms with Gasteiger partial charge in [-0.05, 0) is 196 Å². The number of hydrogen-bond acceptors (Lipinski definition) is 0. The van der Waals surface area contributed by atoms with Gasteiger partial charge in [-0.15, -0.1) is 0 Å². The van der Waals surface area contributed by atoms with E-state index < -0.39 is 0 Å². The van der Waals surface area contributed by atoms with E-state index in [2.05, 4.69) is 163 Å². The highest BCUT2D eigenvalue weighted by Gasteiger charge is 2.27. The molecule has 0 heterocycles. The molecular formula is C53H52. The van der Waals surface area contributed by atoms with Gasteiger partial charge in [-0.3, -0.25) is 0 Å². The third-order valence-corrected chi connectivity index (χ3v) is 12.1. The minimum absolute atomic E-state index is 0.584. The molecule has 1 saturated carbocycles. The van der Waals surface area contributed by atoms with Crippen molar-refractivity contribution in [1.29, 1.82) is 0 Å². The number of hydrogen-bond donors (Lipinski definition) is 0. The number of fused-ring (bicyclic) bond motifs is 4. The van der Waals surface area contributed by atoms with Gasteiger partial charge in [-0.25, -0.2) is 0 Å². The number of aryl methyl sites for hydroxylation is 2. The summed E-state index contributed by atoms with van der Waals surface area (Å²) in [6, 6.07) is 35.4. The molecule has 5 aromatic rings. The van der Waals surface area contributed by atoms with Crippen LogP contribution in [0.4, 0.5) is 0 Å². The summed E-state index contributed by atoms with van der Waals surface area (Å²) in [5, 5.41) is 0. The Morgan fingerprint density at radius 1 is 0.698 bits per heavy atom. The molecule has 0 spiro atoms. The van der Waals surface area contributed by atoms with E-state index in [4.69, 9.17) is 0 Å². The van der Waals surface area contributed by atoms with Gasteiger partial charge in [-0.1, -0.05) is 123 Å².